The van der Waals surface area contributed by atoms with Crippen LogP contribution in [0.1, 0.15) is 63.1 Å². The molecule has 13 nitrogen and oxygen atoms in total. The summed E-state index contributed by atoms with van der Waals surface area (Å²) >= 11 is 0. The van der Waals surface area contributed by atoms with E-state index in [1.807, 2.05) is 18.2 Å². The van der Waals surface area contributed by atoms with E-state index < -0.39 is 60.0 Å². The molecule has 0 aliphatic heterocycles. The molecular formula is C38H45N3O10. The summed E-state index contributed by atoms with van der Waals surface area (Å²) in [5, 5.41) is 7.43. The molecule has 0 aromatic heterocycles. The average Bonchev–Trinajstić information content (AvgIpc) is 3.11. The van der Waals surface area contributed by atoms with Crippen LogP contribution < -0.4 is 16.0 Å². The van der Waals surface area contributed by atoms with Gasteiger partial charge in [-0.25, -0.2) is 4.79 Å². The van der Waals surface area contributed by atoms with Gasteiger partial charge in [-0.1, -0.05) is 91.0 Å². The highest BCUT2D eigenvalue weighted by molar-refractivity contribution is 5.93. The van der Waals surface area contributed by atoms with E-state index in [2.05, 4.69) is 16.0 Å². The fourth-order valence-electron chi connectivity index (χ4n) is 4.48. The van der Waals surface area contributed by atoms with Crippen LogP contribution >= 0.6 is 0 Å². The maximum Gasteiger partial charge on any atom is 0.408 e. The molecule has 0 saturated carbocycles. The molecule has 0 saturated heterocycles. The number of alkyl carbamates (subject to hydrolysis) is 1. The number of esters is 3. The van der Waals surface area contributed by atoms with Gasteiger partial charge < -0.3 is 34.9 Å². The third kappa shape index (κ3) is 16.5. The van der Waals surface area contributed by atoms with Crippen LogP contribution in [-0.2, 0) is 62.7 Å². The second-order valence-electron chi connectivity index (χ2n) is 12.5. The lowest BCUT2D eigenvalue weighted by molar-refractivity contribution is -0.147. The van der Waals surface area contributed by atoms with Gasteiger partial charge >= 0.3 is 24.0 Å². The fourth-order valence-corrected chi connectivity index (χ4v) is 4.48. The third-order valence-electron chi connectivity index (χ3n) is 7.05. The Balaban J connectivity index is 1.66. The van der Waals surface area contributed by atoms with Crippen molar-refractivity contribution in [3.8, 4) is 0 Å². The monoisotopic (exact) mass is 703 g/mol. The van der Waals surface area contributed by atoms with Crippen LogP contribution in [0.2, 0.25) is 0 Å². The fraction of sp³-hybridized carbons (Fsp3) is 0.368. The first kappa shape index (κ1) is 39.7. The summed E-state index contributed by atoms with van der Waals surface area (Å²) in [5.41, 5.74) is 1.40. The molecular weight excluding hydrogens is 658 g/mol. The molecule has 3 aromatic carbocycles. The number of benzene rings is 3. The molecule has 0 fully saturated rings. The van der Waals surface area contributed by atoms with E-state index in [1.54, 1.807) is 93.6 Å². The molecule has 3 aromatic rings. The Morgan fingerprint density at radius 2 is 0.941 bits per heavy atom. The molecule has 2 atom stereocenters. The van der Waals surface area contributed by atoms with Crippen molar-refractivity contribution < 1.29 is 47.7 Å². The summed E-state index contributed by atoms with van der Waals surface area (Å²) in [5.74, 6) is -3.58. The lowest BCUT2D eigenvalue weighted by atomic mass is 10.1. The van der Waals surface area contributed by atoms with E-state index in [-0.39, 0.29) is 45.5 Å². The van der Waals surface area contributed by atoms with Crippen molar-refractivity contribution in [2.24, 2.45) is 0 Å². The van der Waals surface area contributed by atoms with Crippen LogP contribution in [0.25, 0.3) is 0 Å². The lowest BCUT2D eigenvalue weighted by Crippen LogP contribution is -2.54. The van der Waals surface area contributed by atoms with E-state index in [0.29, 0.717) is 0 Å². The molecule has 0 aliphatic carbocycles. The van der Waals surface area contributed by atoms with Gasteiger partial charge in [0, 0.05) is 12.8 Å². The van der Waals surface area contributed by atoms with Crippen molar-refractivity contribution in [1.82, 2.24) is 16.0 Å². The zero-order valence-corrected chi connectivity index (χ0v) is 29.1. The van der Waals surface area contributed by atoms with Crippen LogP contribution in [0, 0.1) is 0 Å². The molecule has 3 rings (SSSR count). The van der Waals surface area contributed by atoms with Crippen LogP contribution in [0.4, 0.5) is 4.79 Å². The molecule has 0 bridgehead atoms. The quantitative estimate of drug-likeness (QED) is 0.128. The van der Waals surface area contributed by atoms with Gasteiger partial charge in [0.15, 0.2) is 0 Å². The van der Waals surface area contributed by atoms with E-state index in [9.17, 15) is 28.8 Å². The molecule has 0 spiro atoms. The minimum Gasteiger partial charge on any atom is -0.461 e. The van der Waals surface area contributed by atoms with Gasteiger partial charge in [0.25, 0.3) is 0 Å². The van der Waals surface area contributed by atoms with Crippen molar-refractivity contribution in [2.75, 3.05) is 6.54 Å². The van der Waals surface area contributed by atoms with Crippen LogP contribution in [0.15, 0.2) is 91.0 Å². The minimum absolute atomic E-state index is 0.00520. The number of amides is 3. The summed E-state index contributed by atoms with van der Waals surface area (Å²) in [7, 11) is 0. The highest BCUT2D eigenvalue weighted by Crippen LogP contribution is 2.11. The minimum atomic E-state index is -1.34. The Bertz CT molecular complexity index is 1580. The highest BCUT2D eigenvalue weighted by atomic mass is 16.6. The number of hydrogen-bond donors (Lipinski definition) is 3. The van der Waals surface area contributed by atoms with E-state index in [4.69, 9.17) is 18.9 Å². The van der Waals surface area contributed by atoms with E-state index in [0.717, 1.165) is 16.7 Å². The maximum atomic E-state index is 13.6. The molecule has 0 heterocycles. The topological polar surface area (TPSA) is 175 Å². The van der Waals surface area contributed by atoms with Crippen molar-refractivity contribution in [3.05, 3.63) is 108 Å². The standard InChI is InChI=1S/C38H45N3O10/c1-38(2,3)51-37(47)41-31(20-22-33(43)49-25-28-15-9-5-10-16-28)36(46)40-30(19-21-32(42)48-24-27-13-7-4-8-14-27)35(45)39-23-34(44)50-26-29-17-11-6-12-18-29/h4-18,30-31H,19-26H2,1-3H3,(H,39,45)(H,40,46)(H,41,47)/t30-,31-/m1/s1. The predicted octanol–water partition coefficient (Wildman–Crippen LogP) is 4.27. The molecule has 272 valence electrons. The Labute approximate surface area is 297 Å². The van der Waals surface area contributed by atoms with Crippen LogP contribution in [0.3, 0.4) is 0 Å². The molecule has 3 amide bonds. The van der Waals surface area contributed by atoms with Crippen molar-refractivity contribution >= 4 is 35.8 Å². The van der Waals surface area contributed by atoms with Crippen molar-refractivity contribution in [2.45, 2.75) is 84.0 Å². The van der Waals surface area contributed by atoms with E-state index in [1.165, 1.54) is 0 Å². The van der Waals surface area contributed by atoms with Gasteiger partial charge in [0.1, 0.15) is 44.1 Å². The van der Waals surface area contributed by atoms with Crippen molar-refractivity contribution in [3.63, 3.8) is 0 Å². The summed E-state index contributed by atoms with van der Waals surface area (Å²) in [6, 6.07) is 24.3. The second-order valence-corrected chi connectivity index (χ2v) is 12.5. The summed E-state index contributed by atoms with van der Waals surface area (Å²) < 4.78 is 21.2. The van der Waals surface area contributed by atoms with Crippen molar-refractivity contribution in [1.29, 1.82) is 0 Å². The second kappa shape index (κ2) is 20.7. The first-order valence-corrected chi connectivity index (χ1v) is 16.5. The lowest BCUT2D eigenvalue weighted by Gasteiger charge is -2.25. The normalized spacial score (nSPS) is 12.0. The number of hydrogen-bond acceptors (Lipinski definition) is 10. The summed E-state index contributed by atoms with van der Waals surface area (Å²) in [4.78, 5) is 77.1. The highest BCUT2D eigenvalue weighted by Gasteiger charge is 2.30. The number of rotatable bonds is 18. The first-order chi connectivity index (χ1) is 24.4. The molecule has 13 heteroatoms. The summed E-state index contributed by atoms with van der Waals surface area (Å²) in [6.07, 6.45) is -1.84. The first-order valence-electron chi connectivity index (χ1n) is 16.5. The Morgan fingerprint density at radius 1 is 0.549 bits per heavy atom. The predicted molar refractivity (Wildman–Crippen MR) is 185 cm³/mol. The Morgan fingerprint density at radius 3 is 1.35 bits per heavy atom. The number of nitrogens with one attached hydrogen (secondary N) is 3. The Kier molecular flexibility index (Phi) is 16.1. The molecule has 3 N–H and O–H groups in total. The van der Waals surface area contributed by atoms with Gasteiger partial charge in [-0.05, 0) is 50.3 Å². The SMILES string of the molecule is CC(C)(C)OC(=O)N[C@H](CCC(=O)OCc1ccccc1)C(=O)N[C@H](CCC(=O)OCc1ccccc1)C(=O)NCC(=O)OCc1ccccc1. The van der Waals surface area contributed by atoms with Gasteiger partial charge in [0.2, 0.25) is 11.8 Å². The third-order valence-corrected chi connectivity index (χ3v) is 7.05. The molecule has 0 radical (unpaired) electrons. The zero-order chi connectivity index (χ0) is 37.1. The van der Waals surface area contributed by atoms with Crippen LogP contribution in [-0.4, -0.2) is 60.0 Å². The van der Waals surface area contributed by atoms with E-state index >= 15 is 0 Å². The molecule has 0 aliphatic rings. The van der Waals surface area contributed by atoms with Gasteiger partial charge in [-0.15, -0.1) is 0 Å². The zero-order valence-electron chi connectivity index (χ0n) is 29.1. The van der Waals surface area contributed by atoms with Gasteiger partial charge in [-0.3, -0.25) is 24.0 Å². The van der Waals surface area contributed by atoms with Gasteiger partial charge in [-0.2, -0.15) is 0 Å². The van der Waals surface area contributed by atoms with Crippen LogP contribution in [0.5, 0.6) is 0 Å². The molecule has 51 heavy (non-hydrogen) atoms. The average molecular weight is 704 g/mol. The Hall–Kier alpha value is -5.72. The maximum absolute atomic E-state index is 13.6. The smallest absolute Gasteiger partial charge is 0.408 e. The molecule has 0 unspecified atom stereocenters. The van der Waals surface area contributed by atoms with Gasteiger partial charge in [0.05, 0.1) is 0 Å². The largest absolute Gasteiger partial charge is 0.461 e. The number of ether oxygens (including phenoxy) is 4. The number of carbonyl (C=O) groups excluding carboxylic acids is 6. The number of carbonyl (C=O) groups is 6. The summed E-state index contributed by atoms with van der Waals surface area (Å²) in [6.45, 7) is 4.45.